The normalized spacial score (nSPS) is 12.0. The maximum atomic E-state index is 14.2. The average molecular weight is 709 g/mol. The van der Waals surface area contributed by atoms with Gasteiger partial charge in [0.15, 0.2) is 17.5 Å². The highest BCUT2D eigenvalue weighted by molar-refractivity contribution is 6.27. The molecule has 0 saturated heterocycles. The smallest absolute Gasteiger partial charge is 0.416 e. The van der Waals surface area contributed by atoms with Gasteiger partial charge < -0.3 is 8.98 Å². The predicted molar refractivity (Wildman–Crippen MR) is 208 cm³/mol. The molecule has 10 rings (SSSR count). The number of furan rings is 1. The SMILES string of the molecule is FC(F)(F)c1cccc(-c2cc(-c3nc(-c4ccccc4)nc(-c4ccccc4)n3)ccc2-n2c3ccccc3c3c4c(ccc32)oc2ccccc24)c1. The Balaban J connectivity index is 1.27. The quantitative estimate of drug-likeness (QED) is 0.179. The Labute approximate surface area is 306 Å². The Bertz CT molecular complexity index is 2980. The first kappa shape index (κ1) is 31.7. The predicted octanol–water partition coefficient (Wildman–Crippen LogP) is 12.6. The third kappa shape index (κ3) is 5.22. The summed E-state index contributed by atoms with van der Waals surface area (Å²) in [5, 5.41) is 3.99. The minimum atomic E-state index is -4.53. The lowest BCUT2D eigenvalue weighted by Crippen LogP contribution is -2.05. The van der Waals surface area contributed by atoms with Crippen molar-refractivity contribution in [1.82, 2.24) is 19.5 Å². The van der Waals surface area contributed by atoms with E-state index in [-0.39, 0.29) is 0 Å². The second-order valence-electron chi connectivity index (χ2n) is 13.1. The zero-order valence-corrected chi connectivity index (χ0v) is 28.4. The molecule has 0 fully saturated rings. The van der Waals surface area contributed by atoms with Crippen molar-refractivity contribution in [3.05, 3.63) is 169 Å². The van der Waals surface area contributed by atoms with Crippen molar-refractivity contribution < 1.29 is 17.6 Å². The minimum absolute atomic E-state index is 0.399. The second kappa shape index (κ2) is 12.3. The van der Waals surface area contributed by atoms with Crippen LogP contribution in [0, 0.1) is 0 Å². The molecule has 3 heterocycles. The Hall–Kier alpha value is -7.06. The molecule has 0 N–H and O–H groups in total. The molecule has 0 aliphatic rings. The molecule has 0 saturated carbocycles. The van der Waals surface area contributed by atoms with Crippen LogP contribution in [-0.4, -0.2) is 19.5 Å². The minimum Gasteiger partial charge on any atom is -0.456 e. The van der Waals surface area contributed by atoms with E-state index in [4.69, 9.17) is 19.4 Å². The molecule has 0 radical (unpaired) electrons. The number of halogens is 3. The molecule has 7 aromatic carbocycles. The second-order valence-corrected chi connectivity index (χ2v) is 13.1. The summed E-state index contributed by atoms with van der Waals surface area (Å²) in [7, 11) is 0. The molecule has 258 valence electrons. The van der Waals surface area contributed by atoms with Crippen LogP contribution in [0.3, 0.4) is 0 Å². The largest absolute Gasteiger partial charge is 0.456 e. The maximum absolute atomic E-state index is 14.2. The molecule has 54 heavy (non-hydrogen) atoms. The van der Waals surface area contributed by atoms with Crippen LogP contribution >= 0.6 is 0 Å². The van der Waals surface area contributed by atoms with Gasteiger partial charge in [-0.25, -0.2) is 15.0 Å². The van der Waals surface area contributed by atoms with E-state index < -0.39 is 11.7 Å². The third-order valence-electron chi connectivity index (χ3n) is 9.87. The summed E-state index contributed by atoms with van der Waals surface area (Å²) in [4.78, 5) is 14.7. The zero-order valence-electron chi connectivity index (χ0n) is 28.4. The lowest BCUT2D eigenvalue weighted by molar-refractivity contribution is -0.137. The topological polar surface area (TPSA) is 56.7 Å². The molecule has 0 unspecified atom stereocenters. The van der Waals surface area contributed by atoms with Crippen molar-refractivity contribution in [2.24, 2.45) is 0 Å². The summed E-state index contributed by atoms with van der Waals surface area (Å²) in [6.45, 7) is 0. The van der Waals surface area contributed by atoms with E-state index in [9.17, 15) is 13.2 Å². The molecule has 0 spiro atoms. The first-order valence-corrected chi connectivity index (χ1v) is 17.4. The van der Waals surface area contributed by atoms with Gasteiger partial charge in [-0.05, 0) is 60.2 Å². The number of benzene rings is 7. The van der Waals surface area contributed by atoms with E-state index in [0.29, 0.717) is 39.9 Å². The highest BCUT2D eigenvalue weighted by Gasteiger charge is 2.31. The van der Waals surface area contributed by atoms with E-state index >= 15 is 0 Å². The number of fused-ring (bicyclic) bond motifs is 7. The fourth-order valence-electron chi connectivity index (χ4n) is 7.44. The molecule has 0 amide bonds. The van der Waals surface area contributed by atoms with Crippen LogP contribution in [0.4, 0.5) is 13.2 Å². The summed E-state index contributed by atoms with van der Waals surface area (Å²) in [6.07, 6.45) is -4.53. The van der Waals surface area contributed by atoms with Crippen LogP contribution in [0.2, 0.25) is 0 Å². The summed E-state index contributed by atoms with van der Waals surface area (Å²) in [5.74, 6) is 1.38. The summed E-state index contributed by atoms with van der Waals surface area (Å²) >= 11 is 0. The lowest BCUT2D eigenvalue weighted by Gasteiger charge is -2.17. The maximum Gasteiger partial charge on any atom is 0.416 e. The first-order chi connectivity index (χ1) is 26.4. The fraction of sp³-hybridized carbons (Fsp3) is 0.0217. The van der Waals surface area contributed by atoms with Gasteiger partial charge in [-0.3, -0.25) is 0 Å². The Morgan fingerprint density at radius 1 is 0.444 bits per heavy atom. The van der Waals surface area contributed by atoms with E-state index in [1.807, 2.05) is 127 Å². The molecular weight excluding hydrogens is 682 g/mol. The van der Waals surface area contributed by atoms with Gasteiger partial charge in [-0.2, -0.15) is 13.2 Å². The fourth-order valence-corrected chi connectivity index (χ4v) is 7.44. The van der Waals surface area contributed by atoms with Crippen molar-refractivity contribution in [2.45, 2.75) is 6.18 Å². The van der Waals surface area contributed by atoms with Crippen molar-refractivity contribution in [1.29, 1.82) is 0 Å². The van der Waals surface area contributed by atoms with Gasteiger partial charge in [0.2, 0.25) is 0 Å². The average Bonchev–Trinajstić information content (AvgIpc) is 3.76. The monoisotopic (exact) mass is 708 g/mol. The van der Waals surface area contributed by atoms with Crippen LogP contribution in [0.5, 0.6) is 0 Å². The van der Waals surface area contributed by atoms with Gasteiger partial charge in [0.25, 0.3) is 0 Å². The number of alkyl halides is 3. The molecule has 3 aromatic heterocycles. The molecule has 8 heteroatoms. The van der Waals surface area contributed by atoms with Crippen LogP contribution in [0.1, 0.15) is 5.56 Å². The molecule has 0 bridgehead atoms. The van der Waals surface area contributed by atoms with Gasteiger partial charge in [0, 0.05) is 43.8 Å². The van der Waals surface area contributed by atoms with E-state index in [1.54, 1.807) is 6.07 Å². The van der Waals surface area contributed by atoms with Crippen LogP contribution < -0.4 is 0 Å². The van der Waals surface area contributed by atoms with Crippen molar-refractivity contribution in [3.63, 3.8) is 0 Å². The van der Waals surface area contributed by atoms with Crippen molar-refractivity contribution in [2.75, 3.05) is 0 Å². The number of nitrogens with zero attached hydrogens (tertiary/aromatic N) is 4. The number of hydrogen-bond donors (Lipinski definition) is 0. The van der Waals surface area contributed by atoms with Crippen molar-refractivity contribution >= 4 is 43.7 Å². The molecular formula is C46H27F3N4O. The number of rotatable bonds is 5. The first-order valence-electron chi connectivity index (χ1n) is 17.4. The Morgan fingerprint density at radius 2 is 1.06 bits per heavy atom. The van der Waals surface area contributed by atoms with Crippen LogP contribution in [-0.2, 0) is 6.18 Å². The van der Waals surface area contributed by atoms with Crippen LogP contribution in [0.25, 0.3) is 94.7 Å². The number of hydrogen-bond acceptors (Lipinski definition) is 4. The van der Waals surface area contributed by atoms with E-state index in [2.05, 4.69) is 16.7 Å². The number of aromatic nitrogens is 4. The number of para-hydroxylation sites is 2. The van der Waals surface area contributed by atoms with Crippen molar-refractivity contribution in [3.8, 4) is 51.0 Å². The molecule has 0 aliphatic carbocycles. The third-order valence-corrected chi connectivity index (χ3v) is 9.87. The summed E-state index contributed by atoms with van der Waals surface area (Å²) in [5.41, 5.74) is 6.58. The highest BCUT2D eigenvalue weighted by atomic mass is 19.4. The molecule has 0 atom stereocenters. The standard InChI is InChI=1S/C46H27F3N4O/c47-46(48,49)32-17-11-16-30(26-32)35-27-31(45-51-43(28-12-3-1-4-13-28)50-44(52-45)29-14-5-2-6-15-29)22-23-37(35)53-36-20-9-7-18-33(36)41-38(53)24-25-40-42(41)34-19-8-10-21-39(34)54-40/h1-27H. The summed E-state index contributed by atoms with van der Waals surface area (Å²) < 4.78 is 51.1. The zero-order chi connectivity index (χ0) is 36.4. The van der Waals surface area contributed by atoms with Crippen LogP contribution in [0.15, 0.2) is 168 Å². The van der Waals surface area contributed by atoms with Gasteiger partial charge in [0.05, 0.1) is 22.3 Å². The molecule has 5 nitrogen and oxygen atoms in total. The van der Waals surface area contributed by atoms with Gasteiger partial charge in [-0.1, -0.05) is 109 Å². The van der Waals surface area contributed by atoms with Gasteiger partial charge in [0.1, 0.15) is 11.2 Å². The summed E-state index contributed by atoms with van der Waals surface area (Å²) in [6, 6.07) is 50.6. The molecule has 10 aromatic rings. The molecule has 0 aliphatic heterocycles. The van der Waals surface area contributed by atoms with Gasteiger partial charge >= 0.3 is 6.18 Å². The Morgan fingerprint density at radius 3 is 1.76 bits per heavy atom. The van der Waals surface area contributed by atoms with E-state index in [0.717, 1.165) is 60.9 Å². The van der Waals surface area contributed by atoms with Gasteiger partial charge in [-0.15, -0.1) is 0 Å². The lowest BCUT2D eigenvalue weighted by atomic mass is 9.98. The van der Waals surface area contributed by atoms with E-state index in [1.165, 1.54) is 12.1 Å². The Kier molecular flexibility index (Phi) is 7.20. The highest BCUT2D eigenvalue weighted by Crippen LogP contribution is 2.44.